The van der Waals surface area contributed by atoms with Crippen molar-refractivity contribution < 1.29 is 8.85 Å². The van der Waals surface area contributed by atoms with Crippen molar-refractivity contribution in [1.29, 1.82) is 0 Å². The van der Waals surface area contributed by atoms with Gasteiger partial charge in [-0.1, -0.05) is 152 Å². The fraction of sp³-hybridized carbons (Fsp3) is 0.135. The molecule has 2 atom stereocenters. The maximum atomic E-state index is 7.71. The zero-order valence-corrected chi connectivity index (χ0v) is 27.1. The molecule has 0 N–H and O–H groups in total. The van der Waals surface area contributed by atoms with Gasteiger partial charge in [-0.2, -0.15) is 0 Å². The summed E-state index contributed by atoms with van der Waals surface area (Å²) in [4.78, 5) is 0. The van der Waals surface area contributed by atoms with Crippen molar-refractivity contribution >= 4 is 45.6 Å². The third kappa shape index (κ3) is 5.73. The van der Waals surface area contributed by atoms with E-state index in [2.05, 4.69) is 165 Å². The summed E-state index contributed by atoms with van der Waals surface area (Å²) in [6.07, 6.45) is 0.793. The zero-order valence-electron chi connectivity index (χ0n) is 24.4. The molecule has 0 spiro atoms. The largest absolute Gasteiger partial charge is 0.398 e. The fourth-order valence-corrected chi connectivity index (χ4v) is 16.6. The molecule has 0 saturated heterocycles. The first kappa shape index (κ1) is 28.9. The molecule has 2 nitrogen and oxygen atoms in total. The predicted molar refractivity (Wildman–Crippen MR) is 184 cm³/mol. The van der Waals surface area contributed by atoms with E-state index in [1.807, 2.05) is 7.11 Å². The summed E-state index contributed by atoms with van der Waals surface area (Å²) in [5.74, 6) is 0. The lowest BCUT2D eigenvalue weighted by Crippen LogP contribution is -2.46. The van der Waals surface area contributed by atoms with Gasteiger partial charge in [0.2, 0.25) is 0 Å². The molecule has 5 aromatic rings. The maximum Gasteiger partial charge on any atom is 0.332 e. The molecule has 0 radical (unpaired) electrons. The first-order valence-electron chi connectivity index (χ1n) is 14.4. The highest BCUT2D eigenvalue weighted by Gasteiger charge is 2.59. The monoisotopic (exact) mass is 602 g/mol. The van der Waals surface area contributed by atoms with Gasteiger partial charge >= 0.3 is 8.56 Å². The number of rotatable bonds is 9. The molecular weight excluding hydrogens is 566 g/mol. The molecule has 0 saturated carbocycles. The standard InChI is InChI=1S/C37H36O2P2Si/c1-38-42(2,3)39-37(29-30-19-9-4-10-20-30)40(33-25-15-7-16-26-33)35(31-21-11-5-12-22-31)36(32-23-13-6-14-24-32)41(37)34-27-17-8-18-28-34/h4-28H,29H2,1-3H3. The van der Waals surface area contributed by atoms with Crippen LogP contribution in [0.3, 0.4) is 0 Å². The second kappa shape index (κ2) is 12.6. The molecule has 42 heavy (non-hydrogen) atoms. The van der Waals surface area contributed by atoms with E-state index in [1.165, 1.54) is 37.9 Å². The van der Waals surface area contributed by atoms with Crippen molar-refractivity contribution in [3.8, 4) is 0 Å². The molecule has 6 rings (SSSR count). The van der Waals surface area contributed by atoms with Crippen LogP contribution < -0.4 is 10.6 Å². The van der Waals surface area contributed by atoms with Gasteiger partial charge in [-0.25, -0.2) is 0 Å². The summed E-state index contributed by atoms with van der Waals surface area (Å²) in [5.41, 5.74) is 3.82. The van der Waals surface area contributed by atoms with Crippen LogP contribution in [-0.2, 0) is 15.3 Å². The van der Waals surface area contributed by atoms with Crippen molar-refractivity contribution in [2.24, 2.45) is 0 Å². The topological polar surface area (TPSA) is 18.5 Å². The molecule has 5 aromatic carbocycles. The molecule has 5 heteroatoms. The number of hydrogen-bond acceptors (Lipinski definition) is 2. The molecule has 1 heterocycles. The molecule has 1 aliphatic heterocycles. The minimum Gasteiger partial charge on any atom is -0.398 e. The molecule has 0 fully saturated rings. The summed E-state index contributed by atoms with van der Waals surface area (Å²) in [5, 5.41) is 4.95. The van der Waals surface area contributed by atoms with Gasteiger partial charge < -0.3 is 8.85 Å². The Hall–Kier alpha value is -3.16. The second-order valence-corrected chi connectivity index (χ2v) is 19.4. The summed E-state index contributed by atoms with van der Waals surface area (Å²) >= 11 is 0. The van der Waals surface area contributed by atoms with Gasteiger partial charge in [-0.15, -0.1) is 0 Å². The Bertz CT molecular complexity index is 1530. The van der Waals surface area contributed by atoms with E-state index >= 15 is 0 Å². The van der Waals surface area contributed by atoms with Crippen molar-refractivity contribution in [2.45, 2.75) is 24.6 Å². The third-order valence-electron chi connectivity index (χ3n) is 7.67. The minimum atomic E-state index is -2.57. The van der Waals surface area contributed by atoms with Crippen molar-refractivity contribution in [3.05, 3.63) is 168 Å². The minimum absolute atomic E-state index is 0.531. The van der Waals surface area contributed by atoms with Gasteiger partial charge in [0.05, 0.1) is 0 Å². The van der Waals surface area contributed by atoms with Crippen LogP contribution >= 0.6 is 15.8 Å². The van der Waals surface area contributed by atoms with Crippen LogP contribution in [0, 0.1) is 0 Å². The van der Waals surface area contributed by atoms with Crippen molar-refractivity contribution in [1.82, 2.24) is 0 Å². The Labute approximate surface area is 253 Å². The molecule has 0 bridgehead atoms. The van der Waals surface area contributed by atoms with E-state index in [0.717, 1.165) is 6.42 Å². The van der Waals surface area contributed by atoms with Gasteiger partial charge in [-0.3, -0.25) is 0 Å². The molecule has 1 aliphatic rings. The van der Waals surface area contributed by atoms with Gasteiger partial charge in [0.25, 0.3) is 0 Å². The van der Waals surface area contributed by atoms with E-state index in [0.29, 0.717) is 0 Å². The van der Waals surface area contributed by atoms with E-state index in [-0.39, 0.29) is 0 Å². The van der Waals surface area contributed by atoms with Crippen LogP contribution in [-0.4, -0.2) is 20.8 Å². The maximum absolute atomic E-state index is 7.71. The summed E-state index contributed by atoms with van der Waals surface area (Å²) in [6.45, 7) is 4.39. The molecule has 0 aromatic heterocycles. The van der Waals surface area contributed by atoms with Crippen LogP contribution in [0.2, 0.25) is 13.1 Å². The lowest BCUT2D eigenvalue weighted by molar-refractivity contribution is 0.168. The third-order valence-corrected chi connectivity index (χ3v) is 16.6. The Kier molecular flexibility index (Phi) is 8.68. The molecule has 2 unspecified atom stereocenters. The Morgan fingerprint density at radius 2 is 0.881 bits per heavy atom. The first-order chi connectivity index (χ1) is 20.5. The van der Waals surface area contributed by atoms with Crippen LogP contribution in [0.4, 0.5) is 0 Å². The smallest absolute Gasteiger partial charge is 0.332 e. The van der Waals surface area contributed by atoms with Crippen LogP contribution in [0.1, 0.15) is 16.7 Å². The van der Waals surface area contributed by atoms with Crippen LogP contribution in [0.15, 0.2) is 152 Å². The van der Waals surface area contributed by atoms with E-state index in [9.17, 15) is 0 Å². The normalized spacial score (nSPS) is 20.5. The van der Waals surface area contributed by atoms with Crippen LogP contribution in [0.5, 0.6) is 0 Å². The molecule has 0 amide bonds. The number of benzene rings is 5. The lowest BCUT2D eigenvalue weighted by Gasteiger charge is -2.46. The SMILES string of the molecule is CO[Si](C)(C)OC1(Cc2ccccc2)P(c2ccccc2)C(c2ccccc2)=C(c2ccccc2)P1c1ccccc1. The quantitative estimate of drug-likeness (QED) is 0.124. The summed E-state index contributed by atoms with van der Waals surface area (Å²) in [7, 11) is -2.77. The summed E-state index contributed by atoms with van der Waals surface area (Å²) < 4.78 is 13.9. The highest BCUT2D eigenvalue weighted by Crippen LogP contribution is 2.85. The van der Waals surface area contributed by atoms with Gasteiger partial charge in [0, 0.05) is 13.5 Å². The van der Waals surface area contributed by atoms with Gasteiger partial charge in [-0.05, 0) is 66.9 Å². The zero-order chi connectivity index (χ0) is 29.0. The van der Waals surface area contributed by atoms with Gasteiger partial charge in [0.15, 0.2) is 0 Å². The van der Waals surface area contributed by atoms with E-state index in [1.54, 1.807) is 0 Å². The van der Waals surface area contributed by atoms with Gasteiger partial charge in [0.1, 0.15) is 5.08 Å². The van der Waals surface area contributed by atoms with Crippen molar-refractivity contribution in [2.75, 3.05) is 7.11 Å². The second-order valence-electron chi connectivity index (χ2n) is 10.9. The predicted octanol–water partition coefficient (Wildman–Crippen LogP) is 9.40. The van der Waals surface area contributed by atoms with E-state index < -0.39 is 29.5 Å². The highest BCUT2D eigenvalue weighted by atomic mass is 31.2. The number of hydrogen-bond donors (Lipinski definition) is 0. The average Bonchev–Trinajstić information content (AvgIpc) is 3.32. The molecule has 0 aliphatic carbocycles. The first-order valence-corrected chi connectivity index (χ1v) is 19.9. The van der Waals surface area contributed by atoms with Crippen molar-refractivity contribution in [3.63, 3.8) is 0 Å². The lowest BCUT2D eigenvalue weighted by atomic mass is 10.1. The Morgan fingerprint density at radius 1 is 0.524 bits per heavy atom. The molecular formula is C37H36O2P2Si. The highest BCUT2D eigenvalue weighted by molar-refractivity contribution is 7.98. The van der Waals surface area contributed by atoms with E-state index in [4.69, 9.17) is 8.85 Å². The summed E-state index contributed by atoms with van der Waals surface area (Å²) in [6, 6.07) is 55.1. The molecule has 210 valence electrons. The van der Waals surface area contributed by atoms with Crippen LogP contribution in [0.25, 0.3) is 10.6 Å². The fourth-order valence-electron chi connectivity index (χ4n) is 5.78. The Morgan fingerprint density at radius 3 is 1.26 bits per heavy atom. The average molecular weight is 603 g/mol. The Balaban J connectivity index is 1.76.